The first-order valence-electron chi connectivity index (χ1n) is 11.8. The molecule has 0 bridgehead atoms. The number of para-hydroxylation sites is 1. The summed E-state index contributed by atoms with van der Waals surface area (Å²) in [6, 6.07) is 26.6. The van der Waals surface area contributed by atoms with E-state index in [4.69, 9.17) is 0 Å². The second kappa shape index (κ2) is 9.44. The van der Waals surface area contributed by atoms with Gasteiger partial charge in [0.2, 0.25) is 0 Å². The van der Waals surface area contributed by atoms with E-state index < -0.39 is 0 Å². The van der Waals surface area contributed by atoms with Crippen LogP contribution in [0.5, 0.6) is 0 Å². The van der Waals surface area contributed by atoms with Crippen molar-refractivity contribution in [3.8, 4) is 11.3 Å². The molecule has 0 radical (unpaired) electrons. The third-order valence-corrected chi connectivity index (χ3v) is 6.70. The summed E-state index contributed by atoms with van der Waals surface area (Å²) in [4.78, 5) is 16.9. The number of hydrogen-bond donors (Lipinski definition) is 2. The summed E-state index contributed by atoms with van der Waals surface area (Å²) in [5, 5.41) is 5.52. The fourth-order valence-electron chi connectivity index (χ4n) is 4.95. The van der Waals surface area contributed by atoms with Crippen LogP contribution in [-0.4, -0.2) is 10.9 Å². The van der Waals surface area contributed by atoms with Crippen LogP contribution in [0.15, 0.2) is 78.9 Å². The molecule has 0 unspecified atom stereocenters. The van der Waals surface area contributed by atoms with Crippen LogP contribution in [0.3, 0.4) is 0 Å². The van der Waals surface area contributed by atoms with Crippen LogP contribution >= 0.6 is 0 Å². The van der Waals surface area contributed by atoms with Crippen LogP contribution in [0.25, 0.3) is 22.0 Å². The lowest BCUT2D eigenvalue weighted by atomic mass is 9.93. The van der Waals surface area contributed by atoms with Crippen molar-refractivity contribution in [1.82, 2.24) is 4.98 Å². The third-order valence-electron chi connectivity index (χ3n) is 6.70. The average Bonchev–Trinajstić information content (AvgIpc) is 3.07. The van der Waals surface area contributed by atoms with Gasteiger partial charge < -0.3 is 10.3 Å². The van der Waals surface area contributed by atoms with Crippen LogP contribution < -0.4 is 5.32 Å². The van der Waals surface area contributed by atoms with Gasteiger partial charge in [0.25, 0.3) is 5.91 Å². The summed E-state index contributed by atoms with van der Waals surface area (Å²) in [5.74, 6) is 0.604. The smallest absolute Gasteiger partial charge is 0.257 e. The first kappa shape index (κ1) is 20.6. The first-order valence-corrected chi connectivity index (χ1v) is 11.8. The molecule has 2 N–H and O–H groups in total. The van der Waals surface area contributed by atoms with Crippen molar-refractivity contribution in [3.05, 3.63) is 90.1 Å². The number of nitrogens with one attached hydrogen (secondary N) is 2. The van der Waals surface area contributed by atoms with Crippen molar-refractivity contribution in [2.45, 2.75) is 44.9 Å². The van der Waals surface area contributed by atoms with Crippen molar-refractivity contribution in [2.75, 3.05) is 5.32 Å². The largest absolute Gasteiger partial charge is 0.358 e. The zero-order chi connectivity index (χ0) is 21.8. The van der Waals surface area contributed by atoms with Crippen LogP contribution in [0.2, 0.25) is 0 Å². The number of benzene rings is 3. The summed E-state index contributed by atoms with van der Waals surface area (Å²) in [7, 11) is 0. The molecule has 0 spiro atoms. The van der Waals surface area contributed by atoms with Gasteiger partial charge in [-0.2, -0.15) is 0 Å². The summed E-state index contributed by atoms with van der Waals surface area (Å²) in [6.45, 7) is 0. The topological polar surface area (TPSA) is 44.9 Å². The highest BCUT2D eigenvalue weighted by Gasteiger charge is 2.21. The Morgan fingerprint density at radius 1 is 0.812 bits per heavy atom. The summed E-state index contributed by atoms with van der Waals surface area (Å²) in [6.07, 6.45) is 8.72. The lowest BCUT2D eigenvalue weighted by Crippen LogP contribution is -2.15. The van der Waals surface area contributed by atoms with Crippen molar-refractivity contribution in [2.24, 2.45) is 5.92 Å². The maximum atomic E-state index is 13.3. The molecule has 4 aromatic rings. The van der Waals surface area contributed by atoms with Gasteiger partial charge >= 0.3 is 0 Å². The molecule has 1 heterocycles. The van der Waals surface area contributed by atoms with E-state index in [9.17, 15) is 4.79 Å². The average molecular weight is 423 g/mol. The number of anilines is 1. The Labute approximate surface area is 189 Å². The first-order chi connectivity index (χ1) is 15.8. The van der Waals surface area contributed by atoms with Gasteiger partial charge in [0.05, 0.1) is 5.56 Å². The van der Waals surface area contributed by atoms with E-state index in [1.807, 2.05) is 36.4 Å². The van der Waals surface area contributed by atoms with Crippen LogP contribution in [0.1, 0.15) is 54.6 Å². The van der Waals surface area contributed by atoms with Gasteiger partial charge in [0, 0.05) is 17.1 Å². The molecule has 1 aliphatic carbocycles. The molecule has 0 aliphatic heterocycles. The number of H-pyrrole nitrogens is 1. The molecule has 3 nitrogen and oxygen atoms in total. The lowest BCUT2D eigenvalue weighted by molar-refractivity contribution is 0.102. The van der Waals surface area contributed by atoms with Gasteiger partial charge in [-0.1, -0.05) is 93.1 Å². The molecule has 5 rings (SSSR count). The Morgan fingerprint density at radius 3 is 2.31 bits per heavy atom. The number of aromatic amines is 1. The normalized spacial score (nSPS) is 14.9. The van der Waals surface area contributed by atoms with Crippen molar-refractivity contribution in [3.63, 3.8) is 0 Å². The summed E-state index contributed by atoms with van der Waals surface area (Å²) < 4.78 is 0. The minimum Gasteiger partial charge on any atom is -0.358 e. The standard InChI is InChI=1S/C29H30N2O/c32-29(30-25-14-6-3-7-15-25)26-20-27(24-17-16-22-12-8-9-13-23(22)19-24)31-28(26)18-21-10-4-1-2-5-11-21/h3,6-9,12-17,19-21,31H,1-2,4-5,10-11,18H2,(H,30,32). The van der Waals surface area contributed by atoms with E-state index in [0.29, 0.717) is 5.92 Å². The molecule has 0 saturated heterocycles. The molecule has 3 aromatic carbocycles. The molecule has 1 aliphatic rings. The van der Waals surface area contributed by atoms with Crippen LogP contribution in [0, 0.1) is 5.92 Å². The maximum Gasteiger partial charge on any atom is 0.257 e. The predicted molar refractivity (Wildman–Crippen MR) is 133 cm³/mol. The summed E-state index contributed by atoms with van der Waals surface area (Å²) in [5.41, 5.74) is 4.78. The van der Waals surface area contributed by atoms with E-state index in [-0.39, 0.29) is 5.91 Å². The number of carbonyl (C=O) groups is 1. The molecule has 162 valence electrons. The van der Waals surface area contributed by atoms with E-state index in [0.717, 1.165) is 34.6 Å². The van der Waals surface area contributed by atoms with E-state index in [2.05, 4.69) is 52.8 Å². The molecule has 0 atom stereocenters. The number of rotatable bonds is 5. The molecule has 1 fully saturated rings. The Hall–Kier alpha value is -3.33. The molecule has 32 heavy (non-hydrogen) atoms. The van der Waals surface area contributed by atoms with Crippen molar-refractivity contribution < 1.29 is 4.79 Å². The molecular weight excluding hydrogens is 392 g/mol. The predicted octanol–water partition coefficient (Wildman–Crippen LogP) is 7.60. The Morgan fingerprint density at radius 2 is 1.53 bits per heavy atom. The number of fused-ring (bicyclic) bond motifs is 1. The highest BCUT2D eigenvalue weighted by Crippen LogP contribution is 2.31. The Balaban J connectivity index is 1.49. The highest BCUT2D eigenvalue weighted by atomic mass is 16.1. The van der Waals surface area contributed by atoms with E-state index >= 15 is 0 Å². The molecule has 3 heteroatoms. The maximum absolute atomic E-state index is 13.3. The fraction of sp³-hybridized carbons (Fsp3) is 0.276. The van der Waals surface area contributed by atoms with Gasteiger partial charge in [-0.15, -0.1) is 0 Å². The van der Waals surface area contributed by atoms with Crippen LogP contribution in [0.4, 0.5) is 5.69 Å². The quantitative estimate of drug-likeness (QED) is 0.320. The second-order valence-electron chi connectivity index (χ2n) is 9.02. The van der Waals surface area contributed by atoms with Gasteiger partial charge in [-0.25, -0.2) is 0 Å². The van der Waals surface area contributed by atoms with Crippen molar-refractivity contribution in [1.29, 1.82) is 0 Å². The number of carbonyl (C=O) groups excluding carboxylic acids is 1. The Bertz CT molecular complexity index is 1200. The zero-order valence-corrected chi connectivity index (χ0v) is 18.4. The monoisotopic (exact) mass is 422 g/mol. The van der Waals surface area contributed by atoms with E-state index in [1.54, 1.807) is 0 Å². The molecule has 1 amide bonds. The Kier molecular flexibility index (Phi) is 6.06. The summed E-state index contributed by atoms with van der Waals surface area (Å²) >= 11 is 0. The zero-order valence-electron chi connectivity index (χ0n) is 18.4. The van der Waals surface area contributed by atoms with Crippen LogP contribution in [-0.2, 0) is 6.42 Å². The third kappa shape index (κ3) is 4.62. The van der Waals surface area contributed by atoms with Gasteiger partial charge in [-0.05, 0) is 52.9 Å². The van der Waals surface area contributed by atoms with Gasteiger partial charge in [0.15, 0.2) is 0 Å². The number of aromatic nitrogens is 1. The number of hydrogen-bond acceptors (Lipinski definition) is 1. The molecular formula is C29H30N2O. The fourth-order valence-corrected chi connectivity index (χ4v) is 4.95. The SMILES string of the molecule is O=C(Nc1ccccc1)c1cc(-c2ccc3ccccc3c2)[nH]c1CC1CCCCCC1. The minimum absolute atomic E-state index is 0.0388. The van der Waals surface area contributed by atoms with Gasteiger partial charge in [0.1, 0.15) is 0 Å². The minimum atomic E-state index is -0.0388. The van der Waals surface area contributed by atoms with Crippen molar-refractivity contribution >= 4 is 22.4 Å². The second-order valence-corrected chi connectivity index (χ2v) is 9.02. The van der Waals surface area contributed by atoms with E-state index in [1.165, 1.54) is 49.3 Å². The molecule has 1 aromatic heterocycles. The number of amides is 1. The molecule has 1 saturated carbocycles. The highest BCUT2D eigenvalue weighted by molar-refractivity contribution is 6.06. The van der Waals surface area contributed by atoms with Gasteiger partial charge in [-0.3, -0.25) is 4.79 Å². The lowest BCUT2D eigenvalue weighted by Gasteiger charge is -2.14.